The third-order valence-electron chi connectivity index (χ3n) is 0.926. The predicted octanol–water partition coefficient (Wildman–Crippen LogP) is 1.39. The molecule has 5 heteroatoms. The van der Waals surface area contributed by atoms with Crippen LogP contribution in [0, 0.1) is 0 Å². The van der Waals surface area contributed by atoms with Crippen LogP contribution in [0.3, 0.4) is 0 Å². The first-order valence-corrected chi connectivity index (χ1v) is 4.60. The van der Waals surface area contributed by atoms with Crippen LogP contribution in [0.15, 0.2) is 0 Å². The summed E-state index contributed by atoms with van der Waals surface area (Å²) < 4.78 is 8.70. The second kappa shape index (κ2) is 12.4. The fourth-order valence-electron chi connectivity index (χ4n) is 0.478. The average molecular weight is 181 g/mol. The zero-order valence-corrected chi connectivity index (χ0v) is 7.46. The van der Waals surface area contributed by atoms with E-state index in [-0.39, 0.29) is 0 Å². The van der Waals surface area contributed by atoms with Crippen LogP contribution in [0.4, 0.5) is 0 Å². The molecule has 0 spiro atoms. The van der Waals surface area contributed by atoms with Crippen LogP contribution in [-0.4, -0.2) is 16.1 Å². The van der Waals surface area contributed by atoms with Crippen LogP contribution in [0.2, 0.25) is 0 Å². The highest BCUT2D eigenvalue weighted by Crippen LogP contribution is 1.98. The van der Waals surface area contributed by atoms with Crippen molar-refractivity contribution in [3.05, 3.63) is 0 Å². The molecular weight excluding hydrogens is 167 g/mol. The average Bonchev–Trinajstić information content (AvgIpc) is 1.88. The monoisotopic (exact) mass is 181 g/mol. The van der Waals surface area contributed by atoms with Gasteiger partial charge in [0.05, 0.1) is 0 Å². The Kier molecular flexibility index (Phi) is 15.0. The first-order chi connectivity index (χ1) is 5.15. The standard InChI is InChI=1S/C6H12O.HO3P/c1-2-3-4-5-6-7;1-4(2)3/h6H,2-5H2,1H3;(H-,1,2,3)/p+1. The molecule has 66 valence electrons. The molecule has 0 atom stereocenters. The molecule has 2 N–H and O–H groups in total. The molecule has 0 bridgehead atoms. The second-order valence-corrected chi connectivity index (χ2v) is 2.42. The minimum Gasteiger partial charge on any atom is -0.303 e. The highest BCUT2D eigenvalue weighted by Gasteiger charge is 1.93. The first-order valence-electron chi connectivity index (χ1n) is 3.43. The lowest BCUT2D eigenvalue weighted by molar-refractivity contribution is -0.107. The van der Waals surface area contributed by atoms with Gasteiger partial charge in [-0.3, -0.25) is 0 Å². The van der Waals surface area contributed by atoms with Gasteiger partial charge in [0, 0.05) is 11.0 Å². The molecule has 0 aliphatic heterocycles. The Morgan fingerprint density at radius 3 is 2.09 bits per heavy atom. The van der Waals surface area contributed by atoms with Crippen LogP contribution < -0.4 is 0 Å². The summed E-state index contributed by atoms with van der Waals surface area (Å²) in [5.41, 5.74) is 0. The molecule has 4 nitrogen and oxygen atoms in total. The maximum absolute atomic E-state index is 9.68. The molecule has 0 radical (unpaired) electrons. The van der Waals surface area contributed by atoms with E-state index in [1.807, 2.05) is 0 Å². The molecular formula is C6H14O4P+. The number of unbranched alkanes of at least 4 members (excludes halogenated alkanes) is 3. The van der Waals surface area contributed by atoms with E-state index in [2.05, 4.69) is 6.92 Å². The topological polar surface area (TPSA) is 74.6 Å². The molecule has 0 saturated heterocycles. The van der Waals surface area contributed by atoms with E-state index in [0.717, 1.165) is 19.1 Å². The van der Waals surface area contributed by atoms with E-state index in [1.165, 1.54) is 12.8 Å². The molecule has 0 aliphatic rings. The lowest BCUT2D eigenvalue weighted by Crippen LogP contribution is -1.73. The van der Waals surface area contributed by atoms with Crippen LogP contribution >= 0.6 is 8.25 Å². The van der Waals surface area contributed by atoms with Crippen molar-refractivity contribution in [3.63, 3.8) is 0 Å². The van der Waals surface area contributed by atoms with Crippen molar-refractivity contribution in [1.82, 2.24) is 0 Å². The van der Waals surface area contributed by atoms with Crippen LogP contribution in [0.25, 0.3) is 0 Å². The summed E-state index contributed by atoms with van der Waals surface area (Å²) in [5.74, 6) is 0. The van der Waals surface area contributed by atoms with Crippen molar-refractivity contribution in [2.24, 2.45) is 0 Å². The van der Waals surface area contributed by atoms with Gasteiger partial charge in [-0.1, -0.05) is 19.8 Å². The quantitative estimate of drug-likeness (QED) is 0.390. The third-order valence-corrected chi connectivity index (χ3v) is 0.926. The smallest absolute Gasteiger partial charge is 0.303 e. The highest BCUT2D eigenvalue weighted by atomic mass is 31.1. The van der Waals surface area contributed by atoms with E-state index in [0.29, 0.717) is 0 Å². The summed E-state index contributed by atoms with van der Waals surface area (Å²) in [5, 5.41) is 0. The Balaban J connectivity index is 0. The zero-order chi connectivity index (χ0) is 9.11. The fourth-order valence-corrected chi connectivity index (χ4v) is 0.478. The highest BCUT2D eigenvalue weighted by molar-refractivity contribution is 7.30. The van der Waals surface area contributed by atoms with E-state index < -0.39 is 8.25 Å². The first kappa shape index (κ1) is 13.3. The summed E-state index contributed by atoms with van der Waals surface area (Å²) in [6, 6.07) is 0. The summed E-state index contributed by atoms with van der Waals surface area (Å²) in [6.07, 6.45) is 5.19. The van der Waals surface area contributed by atoms with Crippen molar-refractivity contribution in [2.75, 3.05) is 0 Å². The van der Waals surface area contributed by atoms with Crippen molar-refractivity contribution in [2.45, 2.75) is 32.6 Å². The van der Waals surface area contributed by atoms with E-state index >= 15 is 0 Å². The third kappa shape index (κ3) is 42.1. The summed E-state index contributed by atoms with van der Waals surface area (Å²) in [4.78, 5) is 23.9. The maximum Gasteiger partial charge on any atom is 0.692 e. The van der Waals surface area contributed by atoms with Crippen molar-refractivity contribution >= 4 is 14.5 Å². The van der Waals surface area contributed by atoms with Gasteiger partial charge in [0.15, 0.2) is 0 Å². The Labute approximate surface area is 67.2 Å². The molecule has 0 aromatic rings. The van der Waals surface area contributed by atoms with Gasteiger partial charge >= 0.3 is 8.25 Å². The molecule has 0 unspecified atom stereocenters. The number of aldehydes is 1. The van der Waals surface area contributed by atoms with Gasteiger partial charge in [-0.15, -0.1) is 9.79 Å². The Morgan fingerprint density at radius 1 is 1.36 bits per heavy atom. The zero-order valence-electron chi connectivity index (χ0n) is 6.56. The van der Waals surface area contributed by atoms with Gasteiger partial charge in [0.1, 0.15) is 6.29 Å². The van der Waals surface area contributed by atoms with Crippen LogP contribution in [0.1, 0.15) is 32.6 Å². The fraction of sp³-hybridized carbons (Fsp3) is 0.833. The summed E-state index contributed by atoms with van der Waals surface area (Å²) in [7, 11) is -2.87. The minimum absolute atomic E-state index is 0.744. The number of carbonyl (C=O) groups excluding carboxylic acids is 1. The largest absolute Gasteiger partial charge is 0.692 e. The van der Waals surface area contributed by atoms with Gasteiger partial charge in [0.2, 0.25) is 0 Å². The molecule has 0 rings (SSSR count). The van der Waals surface area contributed by atoms with Crippen LogP contribution in [0.5, 0.6) is 0 Å². The van der Waals surface area contributed by atoms with Crippen molar-refractivity contribution in [3.8, 4) is 0 Å². The molecule has 0 saturated carbocycles. The minimum atomic E-state index is -2.87. The van der Waals surface area contributed by atoms with E-state index in [9.17, 15) is 4.79 Å². The van der Waals surface area contributed by atoms with E-state index in [4.69, 9.17) is 14.4 Å². The SMILES string of the molecule is CCCCCC=O.O=[P+](O)O. The van der Waals surface area contributed by atoms with Gasteiger partial charge < -0.3 is 4.79 Å². The normalized spacial score (nSPS) is 7.91. The number of hydrogen-bond acceptors (Lipinski definition) is 2. The summed E-state index contributed by atoms with van der Waals surface area (Å²) >= 11 is 0. The van der Waals surface area contributed by atoms with Crippen LogP contribution in [-0.2, 0) is 9.36 Å². The molecule has 0 amide bonds. The number of carbonyl (C=O) groups is 1. The summed E-state index contributed by atoms with van der Waals surface area (Å²) in [6.45, 7) is 2.13. The molecule has 11 heavy (non-hydrogen) atoms. The Hall–Kier alpha value is -0.310. The number of hydrogen-bond donors (Lipinski definition) is 2. The lowest BCUT2D eigenvalue weighted by Gasteiger charge is -1.85. The molecule has 0 fully saturated rings. The second-order valence-electron chi connectivity index (χ2n) is 1.92. The van der Waals surface area contributed by atoms with Gasteiger partial charge in [-0.2, -0.15) is 0 Å². The van der Waals surface area contributed by atoms with Crippen molar-refractivity contribution < 1.29 is 19.1 Å². The molecule has 0 aromatic carbocycles. The molecule has 0 aliphatic carbocycles. The van der Waals surface area contributed by atoms with Crippen molar-refractivity contribution in [1.29, 1.82) is 0 Å². The molecule has 0 aromatic heterocycles. The van der Waals surface area contributed by atoms with E-state index in [1.54, 1.807) is 0 Å². The number of rotatable bonds is 4. The van der Waals surface area contributed by atoms with Gasteiger partial charge in [-0.05, 0) is 6.42 Å². The van der Waals surface area contributed by atoms with Gasteiger partial charge in [-0.25, -0.2) is 0 Å². The predicted molar refractivity (Wildman–Crippen MR) is 42.3 cm³/mol. The Morgan fingerprint density at radius 2 is 1.82 bits per heavy atom. The maximum atomic E-state index is 9.68. The van der Waals surface area contributed by atoms with Gasteiger partial charge in [0.25, 0.3) is 0 Å². The molecule has 0 heterocycles. The Bertz CT molecular complexity index is 101. The lowest BCUT2D eigenvalue weighted by atomic mass is 10.2.